The number of hydrogen-bond acceptors (Lipinski definition) is 6. The highest BCUT2D eigenvalue weighted by Gasteiger charge is 2.40. The van der Waals surface area contributed by atoms with Gasteiger partial charge in [-0.1, -0.05) is 11.6 Å². The minimum Gasteiger partial charge on any atom is -0.493 e. The van der Waals surface area contributed by atoms with Gasteiger partial charge in [0.1, 0.15) is 10.8 Å². The average molecular weight is 477 g/mol. The Bertz CT molecular complexity index is 901. The zero-order valence-corrected chi connectivity index (χ0v) is 20.6. The lowest BCUT2D eigenvalue weighted by Crippen LogP contribution is -2.52. The number of nitrogens with zero attached hydrogens (tertiary/aromatic N) is 4. The molecule has 2 saturated heterocycles. The zero-order valence-electron chi connectivity index (χ0n) is 19.1. The molecule has 1 aromatic heterocycles. The highest BCUT2D eigenvalue weighted by Crippen LogP contribution is 2.36. The average Bonchev–Trinajstić information content (AvgIpc) is 3.28. The molecule has 2 aliphatic heterocycles. The molecule has 6 nitrogen and oxygen atoms in total. The highest BCUT2D eigenvalue weighted by atomic mass is 35.5. The first-order chi connectivity index (χ1) is 15.4. The second-order valence-corrected chi connectivity index (χ2v) is 10.7. The predicted molar refractivity (Wildman–Crippen MR) is 129 cm³/mol. The lowest BCUT2D eigenvalue weighted by Gasteiger charge is -2.43. The van der Waals surface area contributed by atoms with Gasteiger partial charge >= 0.3 is 0 Å². The van der Waals surface area contributed by atoms with E-state index in [-0.39, 0.29) is 11.3 Å². The number of hydrogen-bond donors (Lipinski definition) is 0. The van der Waals surface area contributed by atoms with Crippen molar-refractivity contribution in [2.45, 2.75) is 32.7 Å². The van der Waals surface area contributed by atoms with E-state index < -0.39 is 0 Å². The van der Waals surface area contributed by atoms with Crippen LogP contribution >= 0.6 is 22.9 Å². The summed E-state index contributed by atoms with van der Waals surface area (Å²) in [6.45, 7) is 8.73. The molecule has 0 radical (unpaired) electrons. The summed E-state index contributed by atoms with van der Waals surface area (Å²) in [7, 11) is 2.11. The fraction of sp³-hybridized carbons (Fsp3) is 0.583. The van der Waals surface area contributed by atoms with Gasteiger partial charge in [0, 0.05) is 61.2 Å². The monoisotopic (exact) mass is 476 g/mol. The van der Waals surface area contributed by atoms with Crippen LogP contribution in [-0.4, -0.2) is 78.5 Å². The molecule has 174 valence electrons. The fourth-order valence-corrected chi connectivity index (χ4v) is 5.49. The van der Waals surface area contributed by atoms with Crippen LogP contribution in [0.25, 0.3) is 0 Å². The zero-order chi connectivity index (χ0) is 22.6. The van der Waals surface area contributed by atoms with Crippen molar-refractivity contribution in [2.24, 2.45) is 5.41 Å². The molecule has 1 unspecified atom stereocenters. The van der Waals surface area contributed by atoms with E-state index in [9.17, 15) is 4.79 Å². The smallest absolute Gasteiger partial charge is 0.223 e. The van der Waals surface area contributed by atoms with Crippen LogP contribution in [0, 0.1) is 12.3 Å². The molecule has 2 aromatic rings. The summed E-state index contributed by atoms with van der Waals surface area (Å²) in [5.41, 5.74) is 0.796. The quantitative estimate of drug-likeness (QED) is 0.606. The maximum Gasteiger partial charge on any atom is 0.223 e. The van der Waals surface area contributed by atoms with Gasteiger partial charge in [-0.25, -0.2) is 4.98 Å². The van der Waals surface area contributed by atoms with Crippen LogP contribution in [-0.2, 0) is 11.3 Å². The highest BCUT2D eigenvalue weighted by molar-refractivity contribution is 7.09. The number of likely N-dealkylation sites (tertiary alicyclic amines) is 1. The number of aromatic nitrogens is 1. The van der Waals surface area contributed by atoms with Gasteiger partial charge in [0.2, 0.25) is 5.91 Å². The molecule has 1 amide bonds. The topological polar surface area (TPSA) is 48.9 Å². The van der Waals surface area contributed by atoms with Crippen molar-refractivity contribution in [3.8, 4) is 5.75 Å². The van der Waals surface area contributed by atoms with Gasteiger partial charge in [-0.3, -0.25) is 9.69 Å². The number of piperidine rings is 1. The summed E-state index contributed by atoms with van der Waals surface area (Å²) in [5, 5.41) is 3.89. The Morgan fingerprint density at radius 2 is 2.06 bits per heavy atom. The maximum atomic E-state index is 13.3. The molecular weight excluding hydrogens is 444 g/mol. The van der Waals surface area contributed by atoms with Gasteiger partial charge in [-0.15, -0.1) is 11.3 Å². The SMILES string of the molecule is Cc1cc(OCC2(CC(=O)N3CCN(C)CC3)CCCN(Cc3nccs3)C2)ccc1Cl. The summed E-state index contributed by atoms with van der Waals surface area (Å²) in [5.74, 6) is 1.07. The number of thiazole rings is 1. The van der Waals surface area contributed by atoms with E-state index in [0.29, 0.717) is 13.0 Å². The number of halogens is 1. The molecule has 3 heterocycles. The lowest BCUT2D eigenvalue weighted by atomic mass is 9.77. The van der Waals surface area contributed by atoms with Gasteiger partial charge < -0.3 is 14.5 Å². The van der Waals surface area contributed by atoms with Gasteiger partial charge in [-0.2, -0.15) is 0 Å². The van der Waals surface area contributed by atoms with Crippen LogP contribution in [0.5, 0.6) is 5.75 Å². The van der Waals surface area contributed by atoms with Gasteiger partial charge in [0.15, 0.2) is 0 Å². The van der Waals surface area contributed by atoms with Crippen molar-refractivity contribution in [3.63, 3.8) is 0 Å². The fourth-order valence-electron chi connectivity index (χ4n) is 4.71. The van der Waals surface area contributed by atoms with Crippen LogP contribution in [0.15, 0.2) is 29.8 Å². The first-order valence-electron chi connectivity index (χ1n) is 11.4. The minimum absolute atomic E-state index is 0.205. The predicted octanol–water partition coefficient (Wildman–Crippen LogP) is 3.93. The van der Waals surface area contributed by atoms with E-state index in [2.05, 4.69) is 21.8 Å². The van der Waals surface area contributed by atoms with E-state index in [1.165, 1.54) is 0 Å². The third-order valence-corrected chi connectivity index (χ3v) is 7.83. The molecule has 1 aromatic carbocycles. The Morgan fingerprint density at radius 1 is 1.25 bits per heavy atom. The Kier molecular flexibility index (Phi) is 7.71. The number of likely N-dealkylation sites (N-methyl/N-ethyl adjacent to an activating group) is 1. The second-order valence-electron chi connectivity index (χ2n) is 9.30. The number of aryl methyl sites for hydroxylation is 1. The van der Waals surface area contributed by atoms with Crippen molar-refractivity contribution in [1.29, 1.82) is 0 Å². The van der Waals surface area contributed by atoms with Crippen molar-refractivity contribution < 1.29 is 9.53 Å². The Hall–Kier alpha value is -1.67. The van der Waals surface area contributed by atoms with Crippen LogP contribution < -0.4 is 4.74 Å². The Morgan fingerprint density at radius 3 is 2.78 bits per heavy atom. The van der Waals surface area contributed by atoms with E-state index in [1.54, 1.807) is 11.3 Å². The molecule has 1 atom stereocenters. The largest absolute Gasteiger partial charge is 0.493 e. The van der Waals surface area contributed by atoms with Crippen LogP contribution in [0.4, 0.5) is 0 Å². The van der Waals surface area contributed by atoms with E-state index in [4.69, 9.17) is 16.3 Å². The Balaban J connectivity index is 1.48. The molecular formula is C24H33ClN4O2S. The molecule has 0 saturated carbocycles. The number of amides is 1. The van der Waals surface area contributed by atoms with Gasteiger partial charge in [0.25, 0.3) is 0 Å². The minimum atomic E-state index is -0.205. The molecule has 8 heteroatoms. The number of carbonyl (C=O) groups excluding carboxylic acids is 1. The molecule has 32 heavy (non-hydrogen) atoms. The van der Waals surface area contributed by atoms with Crippen LogP contribution in [0.2, 0.25) is 5.02 Å². The number of benzene rings is 1. The maximum absolute atomic E-state index is 13.3. The summed E-state index contributed by atoms with van der Waals surface area (Å²) in [4.78, 5) is 24.5. The van der Waals surface area contributed by atoms with Gasteiger partial charge in [0.05, 0.1) is 13.2 Å². The molecule has 4 rings (SSSR count). The number of carbonyl (C=O) groups is 1. The summed E-state index contributed by atoms with van der Waals surface area (Å²) in [6.07, 6.45) is 4.44. The van der Waals surface area contributed by atoms with E-state index in [0.717, 1.165) is 80.0 Å². The first kappa shape index (κ1) is 23.5. The third-order valence-electron chi connectivity index (χ3n) is 6.64. The van der Waals surface area contributed by atoms with Crippen LogP contribution in [0.1, 0.15) is 29.8 Å². The molecule has 0 N–H and O–H groups in total. The number of piperazine rings is 1. The molecule has 2 aliphatic rings. The van der Waals surface area contributed by atoms with Crippen LogP contribution in [0.3, 0.4) is 0 Å². The summed E-state index contributed by atoms with van der Waals surface area (Å²) in [6, 6.07) is 5.78. The van der Waals surface area contributed by atoms with Crippen molar-refractivity contribution >= 4 is 28.8 Å². The van der Waals surface area contributed by atoms with Crippen molar-refractivity contribution in [1.82, 2.24) is 19.7 Å². The number of ether oxygens (including phenoxy) is 1. The van der Waals surface area contributed by atoms with Gasteiger partial charge in [-0.05, 0) is 57.1 Å². The molecule has 0 aliphatic carbocycles. The number of rotatable bonds is 7. The molecule has 2 fully saturated rings. The first-order valence-corrected chi connectivity index (χ1v) is 12.6. The van der Waals surface area contributed by atoms with E-state index >= 15 is 0 Å². The molecule has 0 spiro atoms. The van der Waals surface area contributed by atoms with E-state index in [1.807, 2.05) is 41.6 Å². The Labute approximate surface area is 200 Å². The lowest BCUT2D eigenvalue weighted by molar-refractivity contribution is -0.137. The summed E-state index contributed by atoms with van der Waals surface area (Å²) < 4.78 is 6.30. The summed E-state index contributed by atoms with van der Waals surface area (Å²) >= 11 is 7.88. The third kappa shape index (κ3) is 6.01. The molecule has 0 bridgehead atoms. The standard InChI is InChI=1S/C24H33ClN4O2S/c1-19-14-20(4-5-21(19)25)31-18-24(15-23(30)29-11-9-27(2)10-12-29)6-3-8-28(17-24)16-22-26-7-13-32-22/h4-5,7,13-14H,3,6,8-12,15-18H2,1-2H3. The van der Waals surface area contributed by atoms with Crippen molar-refractivity contribution in [2.75, 3.05) is 52.9 Å². The van der Waals surface area contributed by atoms with Crippen molar-refractivity contribution in [3.05, 3.63) is 45.4 Å². The second kappa shape index (κ2) is 10.5. The normalized spacial score (nSPS) is 22.8.